The maximum atomic E-state index is 12.3. The molecule has 0 fully saturated rings. The summed E-state index contributed by atoms with van der Waals surface area (Å²) < 4.78 is 3.52. The number of halogens is 1. The monoisotopic (exact) mass is 343 g/mol. The minimum absolute atomic E-state index is 0.113. The van der Waals surface area contributed by atoms with E-state index in [1.54, 1.807) is 35.7 Å². The number of carbonyl (C=O) groups is 1. The summed E-state index contributed by atoms with van der Waals surface area (Å²) in [5.41, 5.74) is 2.34. The molecule has 2 heterocycles. The van der Waals surface area contributed by atoms with E-state index in [0.717, 1.165) is 23.4 Å². The van der Waals surface area contributed by atoms with Crippen LogP contribution in [0.4, 0.5) is 0 Å². The number of carbonyl (C=O) groups excluding carboxylic acids is 1. The topological polar surface area (TPSA) is 56.4 Å². The zero-order chi connectivity index (χ0) is 17.3. The van der Waals surface area contributed by atoms with E-state index in [-0.39, 0.29) is 11.3 Å². The Morgan fingerprint density at radius 3 is 2.62 bits per heavy atom. The van der Waals surface area contributed by atoms with Crippen molar-refractivity contribution in [2.45, 2.75) is 33.2 Å². The number of fused-ring (bicyclic) bond motifs is 1. The number of ketones is 1. The lowest BCUT2D eigenvalue weighted by Gasteiger charge is -2.11. The van der Waals surface area contributed by atoms with Crippen LogP contribution in [-0.4, -0.2) is 19.7 Å². The molecular formula is C18H18ClN3O2. The SMILES string of the molecule is CC(=O)CCCn1c(C)cc(=O)n2cc(-c3ccc(Cl)cc3)nc12. The number of rotatable bonds is 5. The van der Waals surface area contributed by atoms with E-state index >= 15 is 0 Å². The number of Topliss-reactive ketones (excluding diaryl/α,β-unsaturated/α-hetero) is 1. The first-order valence-corrected chi connectivity index (χ1v) is 8.18. The van der Waals surface area contributed by atoms with Gasteiger partial charge in [-0.1, -0.05) is 23.7 Å². The summed E-state index contributed by atoms with van der Waals surface area (Å²) in [6.07, 6.45) is 2.97. The molecule has 124 valence electrons. The molecule has 0 radical (unpaired) electrons. The van der Waals surface area contributed by atoms with Crippen LogP contribution in [0, 0.1) is 6.92 Å². The fraction of sp³-hybridized carbons (Fsp3) is 0.278. The van der Waals surface area contributed by atoms with Crippen molar-refractivity contribution in [1.82, 2.24) is 14.0 Å². The first kappa shape index (κ1) is 16.5. The van der Waals surface area contributed by atoms with Crippen LogP contribution in [0.3, 0.4) is 0 Å². The van der Waals surface area contributed by atoms with Crippen molar-refractivity contribution in [2.75, 3.05) is 0 Å². The van der Waals surface area contributed by atoms with E-state index < -0.39 is 0 Å². The summed E-state index contributed by atoms with van der Waals surface area (Å²) in [4.78, 5) is 28.1. The van der Waals surface area contributed by atoms with Crippen LogP contribution in [-0.2, 0) is 11.3 Å². The van der Waals surface area contributed by atoms with E-state index in [4.69, 9.17) is 11.6 Å². The number of hydrogen-bond donors (Lipinski definition) is 0. The summed E-state index contributed by atoms with van der Waals surface area (Å²) in [6.45, 7) is 4.11. The van der Waals surface area contributed by atoms with Gasteiger partial charge in [0.2, 0.25) is 5.78 Å². The quantitative estimate of drug-likeness (QED) is 0.712. The second kappa shape index (κ2) is 6.61. The fourth-order valence-corrected chi connectivity index (χ4v) is 2.86. The summed E-state index contributed by atoms with van der Waals surface area (Å²) in [5.74, 6) is 0.753. The van der Waals surface area contributed by atoms with E-state index in [1.165, 1.54) is 0 Å². The highest BCUT2D eigenvalue weighted by Crippen LogP contribution is 2.21. The van der Waals surface area contributed by atoms with Crippen LogP contribution < -0.4 is 5.56 Å². The van der Waals surface area contributed by atoms with Crippen LogP contribution in [0.25, 0.3) is 17.0 Å². The zero-order valence-electron chi connectivity index (χ0n) is 13.6. The van der Waals surface area contributed by atoms with Gasteiger partial charge in [0.15, 0.2) is 0 Å². The number of imidazole rings is 1. The van der Waals surface area contributed by atoms with Crippen LogP contribution in [0.5, 0.6) is 0 Å². The Balaban J connectivity index is 2.06. The van der Waals surface area contributed by atoms with Gasteiger partial charge in [0.25, 0.3) is 5.56 Å². The van der Waals surface area contributed by atoms with E-state index in [0.29, 0.717) is 23.8 Å². The Kier molecular flexibility index (Phi) is 4.53. The van der Waals surface area contributed by atoms with Gasteiger partial charge >= 0.3 is 0 Å². The molecule has 6 heteroatoms. The summed E-state index contributed by atoms with van der Waals surface area (Å²) >= 11 is 5.92. The van der Waals surface area contributed by atoms with Gasteiger partial charge in [-0.05, 0) is 32.4 Å². The Morgan fingerprint density at radius 2 is 1.96 bits per heavy atom. The molecule has 0 saturated carbocycles. The molecular weight excluding hydrogens is 326 g/mol. The Hall–Kier alpha value is -2.40. The van der Waals surface area contributed by atoms with Crippen LogP contribution in [0.15, 0.2) is 41.3 Å². The molecule has 24 heavy (non-hydrogen) atoms. The molecule has 1 aromatic carbocycles. The van der Waals surface area contributed by atoms with Crippen LogP contribution in [0.1, 0.15) is 25.5 Å². The molecule has 0 aliphatic rings. The molecule has 0 aliphatic carbocycles. The third kappa shape index (κ3) is 3.26. The van der Waals surface area contributed by atoms with Gasteiger partial charge in [-0.25, -0.2) is 4.98 Å². The van der Waals surface area contributed by atoms with Crippen LogP contribution >= 0.6 is 11.6 Å². The molecule has 0 spiro atoms. The van der Waals surface area contributed by atoms with Crippen LogP contribution in [0.2, 0.25) is 5.02 Å². The standard InChI is InChI=1S/C18H18ClN3O2/c1-12-10-17(24)22-11-16(14-5-7-15(19)8-6-14)20-18(22)21(12)9-3-4-13(2)23/h5-8,10-11H,3-4,9H2,1-2H3. The van der Waals surface area contributed by atoms with E-state index in [2.05, 4.69) is 4.98 Å². The van der Waals surface area contributed by atoms with Crippen molar-refractivity contribution in [3.63, 3.8) is 0 Å². The highest BCUT2D eigenvalue weighted by Gasteiger charge is 2.12. The summed E-state index contributed by atoms with van der Waals surface area (Å²) in [6, 6.07) is 8.94. The molecule has 0 saturated heterocycles. The number of hydrogen-bond acceptors (Lipinski definition) is 3. The normalized spacial score (nSPS) is 11.1. The average Bonchev–Trinajstić information content (AvgIpc) is 2.96. The van der Waals surface area contributed by atoms with E-state index in [1.807, 2.05) is 23.6 Å². The van der Waals surface area contributed by atoms with Crippen molar-refractivity contribution >= 4 is 23.2 Å². The largest absolute Gasteiger partial charge is 0.315 e. The Labute approximate surface area is 144 Å². The second-order valence-electron chi connectivity index (χ2n) is 5.88. The molecule has 0 unspecified atom stereocenters. The number of nitrogens with zero attached hydrogens (tertiary/aromatic N) is 3. The lowest BCUT2D eigenvalue weighted by atomic mass is 10.2. The smallest absolute Gasteiger partial charge is 0.259 e. The van der Waals surface area contributed by atoms with Gasteiger partial charge in [-0.2, -0.15) is 0 Å². The van der Waals surface area contributed by atoms with Crippen molar-refractivity contribution in [1.29, 1.82) is 0 Å². The molecule has 5 nitrogen and oxygen atoms in total. The molecule has 0 atom stereocenters. The predicted molar refractivity (Wildman–Crippen MR) is 94.6 cm³/mol. The maximum absolute atomic E-state index is 12.3. The third-order valence-corrected chi connectivity index (χ3v) is 4.23. The molecule has 3 rings (SSSR count). The van der Waals surface area contributed by atoms with Gasteiger partial charge in [0.05, 0.1) is 5.69 Å². The predicted octanol–water partition coefficient (Wildman–Crippen LogP) is 3.49. The molecule has 3 aromatic rings. The fourth-order valence-electron chi connectivity index (χ4n) is 2.73. The van der Waals surface area contributed by atoms with Gasteiger partial charge in [0.1, 0.15) is 5.78 Å². The Morgan fingerprint density at radius 1 is 1.25 bits per heavy atom. The molecule has 0 amide bonds. The molecule has 0 bridgehead atoms. The van der Waals surface area contributed by atoms with Gasteiger partial charge < -0.3 is 9.36 Å². The average molecular weight is 344 g/mol. The zero-order valence-corrected chi connectivity index (χ0v) is 14.4. The lowest BCUT2D eigenvalue weighted by molar-refractivity contribution is -0.117. The van der Waals surface area contributed by atoms with Crippen molar-refractivity contribution < 1.29 is 4.79 Å². The number of benzene rings is 1. The number of aromatic nitrogens is 3. The molecule has 2 aromatic heterocycles. The highest BCUT2D eigenvalue weighted by molar-refractivity contribution is 6.30. The van der Waals surface area contributed by atoms with E-state index in [9.17, 15) is 9.59 Å². The third-order valence-electron chi connectivity index (χ3n) is 3.97. The minimum Gasteiger partial charge on any atom is -0.315 e. The first-order valence-electron chi connectivity index (χ1n) is 7.80. The lowest BCUT2D eigenvalue weighted by Crippen LogP contribution is -2.19. The summed E-state index contributed by atoms with van der Waals surface area (Å²) in [7, 11) is 0. The van der Waals surface area contributed by atoms with Gasteiger partial charge in [-0.15, -0.1) is 0 Å². The molecule has 0 aliphatic heterocycles. The first-order chi connectivity index (χ1) is 11.5. The van der Waals surface area contributed by atoms with Gasteiger partial charge in [-0.3, -0.25) is 9.20 Å². The molecule has 0 N–H and O–H groups in total. The second-order valence-corrected chi connectivity index (χ2v) is 6.32. The highest BCUT2D eigenvalue weighted by atomic mass is 35.5. The van der Waals surface area contributed by atoms with Crippen molar-refractivity contribution in [3.05, 3.63) is 57.6 Å². The number of aryl methyl sites for hydroxylation is 2. The Bertz CT molecular complexity index is 955. The summed E-state index contributed by atoms with van der Waals surface area (Å²) in [5, 5.41) is 0.655. The van der Waals surface area contributed by atoms with Gasteiger partial charge in [0, 0.05) is 41.5 Å². The van der Waals surface area contributed by atoms with Crippen molar-refractivity contribution in [2.24, 2.45) is 0 Å². The van der Waals surface area contributed by atoms with Crippen molar-refractivity contribution in [3.8, 4) is 11.3 Å². The maximum Gasteiger partial charge on any atom is 0.259 e. The minimum atomic E-state index is -0.113.